The van der Waals surface area contributed by atoms with Crippen molar-refractivity contribution in [1.82, 2.24) is 4.57 Å². The van der Waals surface area contributed by atoms with E-state index in [1.165, 1.54) is 30.4 Å². The van der Waals surface area contributed by atoms with E-state index in [9.17, 15) is 13.2 Å². The Morgan fingerprint density at radius 2 is 2.00 bits per heavy atom. The average molecular weight is 429 g/mol. The molecule has 0 N–H and O–H groups in total. The molecule has 150 valence electrons. The number of carbonyl (C=O) groups excluding carboxylic acids is 1. The van der Waals surface area contributed by atoms with Crippen LogP contribution in [0.15, 0.2) is 52.4 Å². The molecule has 2 aromatic carbocycles. The summed E-state index contributed by atoms with van der Waals surface area (Å²) in [6.07, 6.45) is 5.50. The number of rotatable bonds is 6. The number of aromatic nitrogens is 1. The lowest BCUT2D eigenvalue weighted by molar-refractivity contribution is 0.0994. The second-order valence-corrected chi connectivity index (χ2v) is 9.31. The first kappa shape index (κ1) is 20.8. The topological polar surface area (TPSA) is 77.7 Å². The number of amides is 1. The van der Waals surface area contributed by atoms with Crippen molar-refractivity contribution in [2.75, 3.05) is 12.4 Å². The van der Waals surface area contributed by atoms with Crippen LogP contribution in [0.3, 0.4) is 0 Å². The Morgan fingerprint density at radius 1 is 1.24 bits per heavy atom. The van der Waals surface area contributed by atoms with Crippen LogP contribution >= 0.6 is 11.3 Å². The van der Waals surface area contributed by atoms with Crippen LogP contribution in [0.25, 0.3) is 10.2 Å². The summed E-state index contributed by atoms with van der Waals surface area (Å²) in [6, 6.07) is 11.7. The first-order valence-corrected chi connectivity index (χ1v) is 11.5. The first-order chi connectivity index (χ1) is 13.9. The molecule has 0 fully saturated rings. The van der Waals surface area contributed by atoms with Crippen molar-refractivity contribution >= 4 is 37.3 Å². The number of benzene rings is 2. The molecule has 6 nitrogen and oxygen atoms in total. The lowest BCUT2D eigenvalue weighted by atomic mass is 10.2. The summed E-state index contributed by atoms with van der Waals surface area (Å²) in [5.41, 5.74) is 0.881. The molecular formula is C21H20N2O4S2. The van der Waals surface area contributed by atoms with Crippen molar-refractivity contribution < 1.29 is 17.9 Å². The Morgan fingerprint density at radius 3 is 2.69 bits per heavy atom. The Kier molecular flexibility index (Phi) is 6.20. The molecule has 29 heavy (non-hydrogen) atoms. The van der Waals surface area contributed by atoms with E-state index >= 15 is 0 Å². The van der Waals surface area contributed by atoms with Gasteiger partial charge in [-0.25, -0.2) is 8.42 Å². The maximum absolute atomic E-state index is 12.9. The second kappa shape index (κ2) is 8.64. The van der Waals surface area contributed by atoms with Crippen molar-refractivity contribution in [3.63, 3.8) is 0 Å². The molecule has 0 atom stereocenters. The molecule has 0 unspecified atom stereocenters. The van der Waals surface area contributed by atoms with Crippen LogP contribution in [0, 0.1) is 12.3 Å². The Balaban J connectivity index is 2.17. The highest BCUT2D eigenvalue weighted by Crippen LogP contribution is 2.24. The van der Waals surface area contributed by atoms with E-state index in [1.807, 2.05) is 25.1 Å². The zero-order valence-electron chi connectivity index (χ0n) is 16.1. The Bertz CT molecular complexity index is 1280. The molecule has 8 heteroatoms. The molecule has 0 aliphatic rings. The summed E-state index contributed by atoms with van der Waals surface area (Å²) in [4.78, 5) is 17.5. The van der Waals surface area contributed by atoms with Crippen molar-refractivity contribution in [3.8, 4) is 18.1 Å². The van der Waals surface area contributed by atoms with Gasteiger partial charge in [0.1, 0.15) is 5.75 Å². The summed E-state index contributed by atoms with van der Waals surface area (Å²) in [5, 5.41) is 0. The number of sulfone groups is 1. The number of hydrogen-bond donors (Lipinski definition) is 0. The third-order valence-corrected chi connectivity index (χ3v) is 7.07. The minimum atomic E-state index is -3.56. The molecule has 3 aromatic rings. The number of terminal acetylenes is 1. The lowest BCUT2D eigenvalue weighted by Crippen LogP contribution is -2.17. The highest BCUT2D eigenvalue weighted by Gasteiger charge is 2.20. The molecule has 1 aromatic heterocycles. The van der Waals surface area contributed by atoms with Crippen LogP contribution < -0.4 is 9.54 Å². The van der Waals surface area contributed by atoms with Gasteiger partial charge in [0.2, 0.25) is 0 Å². The summed E-state index contributed by atoms with van der Waals surface area (Å²) >= 11 is 1.30. The SMILES string of the molecule is C#CCn1c(=NC(=O)c2ccccc2S(=O)(=O)CC)sc2cc(OCC)ccc21. The zero-order chi connectivity index (χ0) is 21.0. The molecule has 0 aliphatic heterocycles. The minimum Gasteiger partial charge on any atom is -0.494 e. The molecule has 1 amide bonds. The fraction of sp³-hybridized carbons (Fsp3) is 0.238. The zero-order valence-corrected chi connectivity index (χ0v) is 17.7. The standard InChI is InChI=1S/C21H20N2O4S2/c1-4-13-23-17-12-11-15(27-5-2)14-18(17)28-21(23)22-20(24)16-9-7-8-10-19(16)29(25,26)6-3/h1,7-12,14H,5-6,13H2,2-3H3. The molecule has 1 heterocycles. The van der Waals surface area contributed by atoms with Crippen LogP contribution in [-0.4, -0.2) is 31.3 Å². The quantitative estimate of drug-likeness (QED) is 0.565. The van der Waals surface area contributed by atoms with Gasteiger partial charge < -0.3 is 9.30 Å². The number of hydrogen-bond acceptors (Lipinski definition) is 5. The largest absolute Gasteiger partial charge is 0.494 e. The average Bonchev–Trinajstić information content (AvgIpc) is 3.05. The summed E-state index contributed by atoms with van der Waals surface area (Å²) in [5.74, 6) is 2.56. The van der Waals surface area contributed by atoms with Gasteiger partial charge in [0.05, 0.1) is 39.6 Å². The number of ether oxygens (including phenoxy) is 1. The monoisotopic (exact) mass is 428 g/mol. The van der Waals surface area contributed by atoms with Crippen LogP contribution in [-0.2, 0) is 16.4 Å². The van der Waals surface area contributed by atoms with Crippen LogP contribution in [0.4, 0.5) is 0 Å². The Labute approximate surface area is 173 Å². The van der Waals surface area contributed by atoms with Crippen molar-refractivity contribution in [1.29, 1.82) is 0 Å². The van der Waals surface area contributed by atoms with Gasteiger partial charge >= 0.3 is 0 Å². The summed E-state index contributed by atoms with van der Waals surface area (Å²) < 4.78 is 32.9. The van der Waals surface area contributed by atoms with Gasteiger partial charge in [-0.05, 0) is 37.3 Å². The molecule has 0 saturated carbocycles. The fourth-order valence-corrected chi connectivity index (χ4v) is 5.00. The normalized spacial score (nSPS) is 12.1. The molecule has 0 radical (unpaired) electrons. The molecule has 0 aliphatic carbocycles. The van der Waals surface area contributed by atoms with E-state index in [0.29, 0.717) is 17.2 Å². The summed E-state index contributed by atoms with van der Waals surface area (Å²) in [7, 11) is -3.56. The molecule has 0 spiro atoms. The van der Waals surface area contributed by atoms with E-state index in [-0.39, 0.29) is 22.8 Å². The smallest absolute Gasteiger partial charge is 0.280 e. The Hall–Kier alpha value is -2.89. The van der Waals surface area contributed by atoms with Crippen LogP contribution in [0.5, 0.6) is 5.75 Å². The maximum Gasteiger partial charge on any atom is 0.280 e. The fourth-order valence-electron chi connectivity index (χ4n) is 2.86. The van der Waals surface area contributed by atoms with E-state index < -0.39 is 15.7 Å². The molecule has 0 bridgehead atoms. The van der Waals surface area contributed by atoms with Gasteiger partial charge in [-0.2, -0.15) is 4.99 Å². The number of thiazole rings is 1. The highest BCUT2D eigenvalue weighted by atomic mass is 32.2. The number of carbonyl (C=O) groups is 1. The predicted octanol–water partition coefficient (Wildman–Crippen LogP) is 3.27. The third-order valence-electron chi connectivity index (χ3n) is 4.24. The van der Waals surface area contributed by atoms with Crippen molar-refractivity contribution in [3.05, 3.63) is 52.8 Å². The highest BCUT2D eigenvalue weighted by molar-refractivity contribution is 7.91. The van der Waals surface area contributed by atoms with Gasteiger partial charge in [0.25, 0.3) is 5.91 Å². The van der Waals surface area contributed by atoms with E-state index in [0.717, 1.165) is 10.2 Å². The van der Waals surface area contributed by atoms with Crippen LogP contribution in [0.2, 0.25) is 0 Å². The minimum absolute atomic E-state index is 0.0144. The van der Waals surface area contributed by atoms with Gasteiger partial charge in [-0.15, -0.1) is 6.42 Å². The predicted molar refractivity (Wildman–Crippen MR) is 114 cm³/mol. The number of fused-ring (bicyclic) bond motifs is 1. The van der Waals surface area contributed by atoms with Gasteiger partial charge in [0.15, 0.2) is 14.6 Å². The number of nitrogens with zero attached hydrogens (tertiary/aromatic N) is 2. The van der Waals surface area contributed by atoms with Crippen LogP contribution in [0.1, 0.15) is 24.2 Å². The maximum atomic E-state index is 12.9. The van der Waals surface area contributed by atoms with Gasteiger partial charge in [-0.3, -0.25) is 4.79 Å². The third kappa shape index (κ3) is 4.26. The van der Waals surface area contributed by atoms with Gasteiger partial charge in [0, 0.05) is 0 Å². The summed E-state index contributed by atoms with van der Waals surface area (Å²) in [6.45, 7) is 4.21. The van der Waals surface area contributed by atoms with E-state index in [4.69, 9.17) is 11.2 Å². The van der Waals surface area contributed by atoms with Gasteiger partial charge in [-0.1, -0.05) is 36.3 Å². The van der Waals surface area contributed by atoms with E-state index in [1.54, 1.807) is 16.7 Å². The molecule has 0 saturated heterocycles. The molecule has 3 rings (SSSR count). The second-order valence-electron chi connectivity index (χ2n) is 6.05. The molecular weight excluding hydrogens is 408 g/mol. The van der Waals surface area contributed by atoms with Crippen molar-refractivity contribution in [2.24, 2.45) is 4.99 Å². The van der Waals surface area contributed by atoms with E-state index in [2.05, 4.69) is 10.9 Å². The van der Waals surface area contributed by atoms with Crippen molar-refractivity contribution in [2.45, 2.75) is 25.3 Å². The lowest BCUT2D eigenvalue weighted by Gasteiger charge is -2.06. The first-order valence-electron chi connectivity index (χ1n) is 9.01.